The van der Waals surface area contributed by atoms with E-state index in [0.29, 0.717) is 0 Å². The molecule has 0 aromatic carbocycles. The zero-order valence-electron chi connectivity index (χ0n) is 16.3. The molecular weight excluding hydrogens is 478 g/mol. The molecule has 4 nitrogen and oxygen atoms in total. The van der Waals surface area contributed by atoms with Crippen LogP contribution in [0.25, 0.3) is 0 Å². The average Bonchev–Trinajstić information content (AvgIpc) is 2.67. The van der Waals surface area contributed by atoms with Crippen LogP contribution in [0.2, 0.25) is 20.5 Å². The summed E-state index contributed by atoms with van der Waals surface area (Å²) in [6.07, 6.45) is 2.11. The molecule has 23 heavy (non-hydrogen) atoms. The van der Waals surface area contributed by atoms with Gasteiger partial charge in [-0.2, -0.15) is 0 Å². The third-order valence-electron chi connectivity index (χ3n) is 5.98. The van der Waals surface area contributed by atoms with E-state index in [1.54, 1.807) is 0 Å². The third kappa shape index (κ3) is 4.55. The normalized spacial score (nSPS) is 27.3. The van der Waals surface area contributed by atoms with Gasteiger partial charge in [-0.1, -0.05) is 0 Å². The SMILES string of the molecule is CC1(C)OB(C[CH2][Hg][CH2]CB2OC(C)(C)C(C)(C)O2)OC1(C)C. The fourth-order valence-corrected chi connectivity index (χ4v) is 9.18. The predicted molar refractivity (Wildman–Crippen MR) is 91.4 cm³/mol. The molecule has 7 heteroatoms. The van der Waals surface area contributed by atoms with E-state index in [1.165, 1.54) is 7.86 Å². The van der Waals surface area contributed by atoms with Gasteiger partial charge >= 0.3 is 156 Å². The standard InChI is InChI=1S/2C8H16BO2.Hg/c2*1-6-9-10-7(2,3)8(4,5)11-9;/h2*1,6H2,2-5H3;. The van der Waals surface area contributed by atoms with Crippen LogP contribution in [-0.4, -0.2) is 36.6 Å². The Morgan fingerprint density at radius 1 is 0.565 bits per heavy atom. The summed E-state index contributed by atoms with van der Waals surface area (Å²) in [5, 5.41) is 0. The number of hydrogen-bond donors (Lipinski definition) is 0. The number of hydrogen-bond acceptors (Lipinski definition) is 4. The summed E-state index contributed by atoms with van der Waals surface area (Å²) in [5.74, 6) is 0. The van der Waals surface area contributed by atoms with Crippen molar-refractivity contribution < 1.29 is 43.2 Å². The Balaban J connectivity index is 1.63. The molecule has 2 saturated heterocycles. The van der Waals surface area contributed by atoms with Crippen LogP contribution < -0.4 is 0 Å². The Morgan fingerprint density at radius 2 is 0.826 bits per heavy atom. The van der Waals surface area contributed by atoms with E-state index in [9.17, 15) is 0 Å². The molecule has 2 fully saturated rings. The van der Waals surface area contributed by atoms with Gasteiger partial charge in [-0.05, 0) is 0 Å². The summed E-state index contributed by atoms with van der Waals surface area (Å²) in [4.78, 5) is 0. The number of rotatable bonds is 6. The van der Waals surface area contributed by atoms with Crippen LogP contribution in [-0.2, 0) is 43.2 Å². The molecule has 0 saturated carbocycles. The van der Waals surface area contributed by atoms with Crippen LogP contribution in [0.5, 0.6) is 0 Å². The molecule has 0 aromatic rings. The Kier molecular flexibility index (Phi) is 6.07. The van der Waals surface area contributed by atoms with E-state index >= 15 is 0 Å². The minimum absolute atomic E-state index is 0.0168. The van der Waals surface area contributed by atoms with Gasteiger partial charge in [0.05, 0.1) is 0 Å². The van der Waals surface area contributed by atoms with Crippen molar-refractivity contribution in [3.05, 3.63) is 0 Å². The van der Waals surface area contributed by atoms with Gasteiger partial charge in [0.2, 0.25) is 0 Å². The molecule has 2 aliphatic rings. The molecular formula is C16H32B2HgO4. The first-order valence-corrected chi connectivity index (χ1v) is 16.9. The monoisotopic (exact) mass is 512 g/mol. The first kappa shape index (κ1) is 20.2. The molecule has 0 spiro atoms. The van der Waals surface area contributed by atoms with Crippen molar-refractivity contribution in [2.24, 2.45) is 0 Å². The van der Waals surface area contributed by atoms with Gasteiger partial charge in [0.15, 0.2) is 0 Å². The summed E-state index contributed by atoms with van der Waals surface area (Å²) >= 11 is -0.881. The van der Waals surface area contributed by atoms with Crippen molar-refractivity contribution >= 4 is 14.2 Å². The van der Waals surface area contributed by atoms with Crippen molar-refractivity contribution in [1.29, 1.82) is 0 Å². The van der Waals surface area contributed by atoms with Gasteiger partial charge in [0.1, 0.15) is 0 Å². The molecule has 2 rings (SSSR count). The molecule has 0 unspecified atom stereocenters. The quantitative estimate of drug-likeness (QED) is 0.399. The van der Waals surface area contributed by atoms with Gasteiger partial charge in [0.25, 0.3) is 0 Å². The van der Waals surface area contributed by atoms with E-state index in [-0.39, 0.29) is 36.6 Å². The molecule has 0 atom stereocenters. The van der Waals surface area contributed by atoms with Crippen molar-refractivity contribution in [3.8, 4) is 0 Å². The maximum atomic E-state index is 6.06. The Labute approximate surface area is 155 Å². The second kappa shape index (κ2) is 6.90. The van der Waals surface area contributed by atoms with Crippen LogP contribution in [0.15, 0.2) is 0 Å². The van der Waals surface area contributed by atoms with Crippen LogP contribution in [0.4, 0.5) is 0 Å². The van der Waals surface area contributed by atoms with Crippen LogP contribution in [0.3, 0.4) is 0 Å². The summed E-state index contributed by atoms with van der Waals surface area (Å²) in [6.45, 7) is 17.0. The Morgan fingerprint density at radius 3 is 1.09 bits per heavy atom. The minimum atomic E-state index is -0.881. The van der Waals surface area contributed by atoms with Crippen LogP contribution >= 0.6 is 0 Å². The second-order valence-corrected chi connectivity index (χ2v) is 17.3. The molecule has 0 radical (unpaired) electrons. The molecule has 0 aromatic heterocycles. The predicted octanol–water partition coefficient (Wildman–Crippen LogP) is 4.09. The Bertz CT molecular complexity index is 356. The molecule has 0 amide bonds. The van der Waals surface area contributed by atoms with Crippen molar-refractivity contribution in [2.75, 3.05) is 0 Å². The Hall–Kier alpha value is 0.905. The molecule has 128 valence electrons. The van der Waals surface area contributed by atoms with E-state index in [2.05, 4.69) is 55.4 Å². The molecule has 0 aliphatic carbocycles. The van der Waals surface area contributed by atoms with E-state index in [0.717, 1.165) is 12.6 Å². The zero-order valence-corrected chi connectivity index (χ0v) is 21.8. The fourth-order valence-electron chi connectivity index (χ4n) is 2.96. The average molecular weight is 511 g/mol. The van der Waals surface area contributed by atoms with Crippen molar-refractivity contribution in [2.45, 2.75) is 98.3 Å². The fraction of sp³-hybridized carbons (Fsp3) is 1.00. The third-order valence-corrected chi connectivity index (χ3v) is 13.0. The van der Waals surface area contributed by atoms with E-state index < -0.39 is 24.6 Å². The van der Waals surface area contributed by atoms with Gasteiger partial charge in [-0.3, -0.25) is 0 Å². The van der Waals surface area contributed by atoms with Crippen molar-refractivity contribution in [3.63, 3.8) is 0 Å². The molecule has 2 heterocycles. The van der Waals surface area contributed by atoms with Gasteiger partial charge in [0, 0.05) is 0 Å². The van der Waals surface area contributed by atoms with Crippen LogP contribution in [0, 0.1) is 0 Å². The molecule has 2 aliphatic heterocycles. The topological polar surface area (TPSA) is 36.9 Å². The van der Waals surface area contributed by atoms with Gasteiger partial charge in [-0.25, -0.2) is 0 Å². The first-order valence-electron chi connectivity index (χ1n) is 9.08. The van der Waals surface area contributed by atoms with Gasteiger partial charge < -0.3 is 0 Å². The van der Waals surface area contributed by atoms with E-state index in [4.69, 9.17) is 18.6 Å². The molecule has 0 bridgehead atoms. The summed E-state index contributed by atoms with van der Waals surface area (Å²) in [5.41, 5.74) is -0.789. The van der Waals surface area contributed by atoms with Crippen LogP contribution in [0.1, 0.15) is 55.4 Å². The first-order chi connectivity index (χ1) is 10.4. The summed E-state index contributed by atoms with van der Waals surface area (Å²) in [6, 6.07) is 0. The van der Waals surface area contributed by atoms with Crippen molar-refractivity contribution in [1.82, 2.24) is 0 Å². The maximum absolute atomic E-state index is 6.06. The van der Waals surface area contributed by atoms with E-state index in [1.807, 2.05) is 0 Å². The molecule has 0 N–H and O–H groups in total. The summed E-state index contributed by atoms with van der Waals surface area (Å²) in [7, 11) is -0.0336. The van der Waals surface area contributed by atoms with Gasteiger partial charge in [-0.15, -0.1) is 0 Å². The second-order valence-electron chi connectivity index (χ2n) is 9.01. The summed E-state index contributed by atoms with van der Waals surface area (Å²) < 4.78 is 26.9. The zero-order chi connectivity index (χ0) is 17.5.